The van der Waals surface area contributed by atoms with Crippen LogP contribution in [0.3, 0.4) is 0 Å². The molecule has 4 nitrogen and oxygen atoms in total. The van der Waals surface area contributed by atoms with E-state index < -0.39 is 0 Å². The Hall–Kier alpha value is -6.13. The van der Waals surface area contributed by atoms with Gasteiger partial charge in [0.25, 0.3) is 0 Å². The Morgan fingerprint density at radius 3 is 2.38 bits per heavy atom. The van der Waals surface area contributed by atoms with Crippen LogP contribution in [0.1, 0.15) is 73.3 Å². The first kappa shape index (κ1) is 31.6. The van der Waals surface area contributed by atoms with Crippen molar-refractivity contribution in [1.82, 2.24) is 15.0 Å². The maximum Gasteiger partial charge on any atom is 0.164 e. The summed E-state index contributed by atoms with van der Waals surface area (Å²) in [6, 6.07) is 34.7. The summed E-state index contributed by atoms with van der Waals surface area (Å²) >= 11 is 0. The van der Waals surface area contributed by atoms with Crippen LogP contribution in [0.15, 0.2) is 144 Å². The van der Waals surface area contributed by atoms with Gasteiger partial charge >= 0.3 is 0 Å². The van der Waals surface area contributed by atoms with Gasteiger partial charge in [-0.15, -0.1) is 0 Å². The van der Waals surface area contributed by atoms with Crippen molar-refractivity contribution in [3.63, 3.8) is 0 Å². The SMILES string of the molecule is CC1CC(c2ccccc2)=CC=C1c1nc(-c2cccc3oc4ccc(-c5cc6ccccc6c6c5C=CCC6C)cc4c23)nc(C2C=CC=CC2)n1. The summed E-state index contributed by atoms with van der Waals surface area (Å²) in [6.07, 6.45) is 20.5. The summed E-state index contributed by atoms with van der Waals surface area (Å²) in [5, 5.41) is 4.71. The van der Waals surface area contributed by atoms with Crippen molar-refractivity contribution in [3.8, 4) is 22.5 Å². The molecule has 0 saturated carbocycles. The van der Waals surface area contributed by atoms with Crippen molar-refractivity contribution >= 4 is 49.9 Å². The van der Waals surface area contributed by atoms with E-state index in [0.717, 1.165) is 64.0 Å². The van der Waals surface area contributed by atoms with E-state index in [2.05, 4.69) is 160 Å². The van der Waals surface area contributed by atoms with E-state index in [1.54, 1.807) is 0 Å². The lowest BCUT2D eigenvalue weighted by molar-refractivity contribution is 0.669. The summed E-state index contributed by atoms with van der Waals surface area (Å²) in [5.41, 5.74) is 11.5. The van der Waals surface area contributed by atoms with Crippen LogP contribution in [-0.4, -0.2) is 15.0 Å². The van der Waals surface area contributed by atoms with Gasteiger partial charge in [0.1, 0.15) is 17.0 Å². The first-order valence-corrected chi connectivity index (χ1v) is 18.8. The molecule has 3 aliphatic rings. The van der Waals surface area contributed by atoms with Crippen LogP contribution >= 0.6 is 0 Å². The average Bonchev–Trinajstić information content (AvgIpc) is 3.59. The van der Waals surface area contributed by atoms with Gasteiger partial charge in [-0.25, -0.2) is 15.0 Å². The van der Waals surface area contributed by atoms with Crippen molar-refractivity contribution in [3.05, 3.63) is 168 Å². The van der Waals surface area contributed by atoms with E-state index in [0.29, 0.717) is 11.7 Å². The molecule has 0 N–H and O–H groups in total. The Bertz CT molecular complexity index is 2740. The van der Waals surface area contributed by atoms with E-state index in [1.165, 1.54) is 44.2 Å². The van der Waals surface area contributed by atoms with E-state index in [-0.39, 0.29) is 11.8 Å². The van der Waals surface area contributed by atoms with Gasteiger partial charge in [0.05, 0.1) is 0 Å². The lowest BCUT2D eigenvalue weighted by atomic mass is 9.80. The highest BCUT2D eigenvalue weighted by atomic mass is 16.3. The Kier molecular flexibility index (Phi) is 7.64. The van der Waals surface area contributed by atoms with Crippen molar-refractivity contribution in [2.75, 3.05) is 0 Å². The standard InChI is InChI=1S/C49H39N3O/c1-30-13-11-20-39-41(28-35-18-9-10-19-38(35)45(30)39)36-24-26-43-42(29-36)46-40(21-12-22-44(46)53-43)49-51-47(33-16-7-4-8-17-33)50-48(52-49)37-25-23-34(27-31(37)2)32-14-5-3-6-15-32/h3-12,14-16,18-26,28-31,33H,13,17,27H2,1-2H3. The third-order valence-corrected chi connectivity index (χ3v) is 11.3. The molecule has 256 valence electrons. The predicted octanol–water partition coefficient (Wildman–Crippen LogP) is 12.9. The third kappa shape index (κ3) is 5.48. The summed E-state index contributed by atoms with van der Waals surface area (Å²) in [5.74, 6) is 3.00. The molecule has 7 aromatic rings. The second kappa shape index (κ2) is 12.8. The van der Waals surface area contributed by atoms with Gasteiger partial charge in [0.2, 0.25) is 0 Å². The molecule has 53 heavy (non-hydrogen) atoms. The lowest BCUT2D eigenvalue weighted by Gasteiger charge is -2.23. The van der Waals surface area contributed by atoms with E-state index in [9.17, 15) is 0 Å². The van der Waals surface area contributed by atoms with Gasteiger partial charge in [0, 0.05) is 27.8 Å². The van der Waals surface area contributed by atoms with Crippen molar-refractivity contribution in [2.45, 2.75) is 44.9 Å². The molecule has 10 rings (SSSR count). The maximum atomic E-state index is 6.54. The minimum absolute atomic E-state index is 0.0804. The van der Waals surface area contributed by atoms with Gasteiger partial charge in [-0.2, -0.15) is 0 Å². The Labute approximate surface area is 309 Å². The summed E-state index contributed by atoms with van der Waals surface area (Å²) < 4.78 is 6.54. The average molecular weight is 686 g/mol. The molecule has 0 radical (unpaired) electrons. The van der Waals surface area contributed by atoms with Crippen LogP contribution in [-0.2, 0) is 0 Å². The number of aromatic nitrogens is 3. The number of fused-ring (bicyclic) bond motifs is 6. The van der Waals surface area contributed by atoms with Gasteiger partial charge in [-0.1, -0.05) is 135 Å². The molecular weight excluding hydrogens is 647 g/mol. The molecular formula is C49H39N3O. The number of rotatable bonds is 5. The Balaban J connectivity index is 1.15. The second-order valence-electron chi connectivity index (χ2n) is 14.8. The smallest absolute Gasteiger partial charge is 0.164 e. The zero-order chi connectivity index (χ0) is 35.5. The zero-order valence-electron chi connectivity index (χ0n) is 30.0. The first-order chi connectivity index (χ1) is 26.1. The Morgan fingerprint density at radius 2 is 1.51 bits per heavy atom. The maximum absolute atomic E-state index is 6.54. The molecule has 0 aliphatic heterocycles. The monoisotopic (exact) mass is 685 g/mol. The van der Waals surface area contributed by atoms with E-state index in [4.69, 9.17) is 19.4 Å². The molecule has 3 unspecified atom stereocenters. The highest BCUT2D eigenvalue weighted by Crippen LogP contribution is 2.44. The second-order valence-corrected chi connectivity index (χ2v) is 14.8. The van der Waals surface area contributed by atoms with Crippen molar-refractivity contribution in [2.24, 2.45) is 5.92 Å². The van der Waals surface area contributed by atoms with Crippen LogP contribution in [0.2, 0.25) is 0 Å². The molecule has 2 aromatic heterocycles. The van der Waals surface area contributed by atoms with Gasteiger partial charge in [0.15, 0.2) is 11.6 Å². The summed E-state index contributed by atoms with van der Waals surface area (Å²) in [6.45, 7) is 4.62. The minimum atomic E-state index is 0.0804. The predicted molar refractivity (Wildman–Crippen MR) is 219 cm³/mol. The lowest BCUT2D eigenvalue weighted by Crippen LogP contribution is -2.13. The molecule has 4 heteroatoms. The highest BCUT2D eigenvalue weighted by molar-refractivity contribution is 6.13. The fourth-order valence-corrected chi connectivity index (χ4v) is 8.63. The molecule has 2 heterocycles. The zero-order valence-corrected chi connectivity index (χ0v) is 30.0. The van der Waals surface area contributed by atoms with Crippen LogP contribution in [0.4, 0.5) is 0 Å². The number of hydrogen-bond acceptors (Lipinski definition) is 4. The number of allylic oxidation sites excluding steroid dienone is 9. The first-order valence-electron chi connectivity index (χ1n) is 18.8. The van der Waals surface area contributed by atoms with Gasteiger partial charge < -0.3 is 4.42 Å². The fourth-order valence-electron chi connectivity index (χ4n) is 8.63. The molecule has 0 bridgehead atoms. The highest BCUT2D eigenvalue weighted by Gasteiger charge is 2.25. The van der Waals surface area contributed by atoms with E-state index >= 15 is 0 Å². The molecule has 3 atom stereocenters. The largest absolute Gasteiger partial charge is 0.456 e. The molecule has 0 fully saturated rings. The van der Waals surface area contributed by atoms with Crippen LogP contribution in [0.25, 0.3) is 72.4 Å². The molecule has 5 aromatic carbocycles. The van der Waals surface area contributed by atoms with Crippen LogP contribution in [0.5, 0.6) is 0 Å². The number of benzene rings is 5. The quantitative estimate of drug-likeness (QED) is 0.181. The molecule has 0 spiro atoms. The molecule has 0 saturated heterocycles. The molecule has 3 aliphatic carbocycles. The number of hydrogen-bond donors (Lipinski definition) is 0. The van der Waals surface area contributed by atoms with E-state index in [1.807, 2.05) is 0 Å². The van der Waals surface area contributed by atoms with Crippen LogP contribution < -0.4 is 0 Å². The van der Waals surface area contributed by atoms with Crippen molar-refractivity contribution in [1.29, 1.82) is 0 Å². The number of nitrogens with zero attached hydrogens (tertiary/aromatic N) is 3. The van der Waals surface area contributed by atoms with Gasteiger partial charge in [-0.05, 0) is 99.5 Å². The normalized spacial score (nSPS) is 19.5. The fraction of sp³-hybridized carbons (Fsp3) is 0.163. The summed E-state index contributed by atoms with van der Waals surface area (Å²) in [4.78, 5) is 15.7. The molecule has 0 amide bonds. The minimum Gasteiger partial charge on any atom is -0.456 e. The topological polar surface area (TPSA) is 51.8 Å². The van der Waals surface area contributed by atoms with Crippen molar-refractivity contribution < 1.29 is 4.42 Å². The van der Waals surface area contributed by atoms with Crippen LogP contribution in [0, 0.1) is 5.92 Å². The third-order valence-electron chi connectivity index (χ3n) is 11.3. The Morgan fingerprint density at radius 1 is 0.642 bits per heavy atom. The number of furan rings is 1. The summed E-state index contributed by atoms with van der Waals surface area (Å²) in [7, 11) is 0. The van der Waals surface area contributed by atoms with Gasteiger partial charge in [-0.3, -0.25) is 0 Å².